The number of nitrogens with zero attached hydrogens (tertiary/aromatic N) is 1. The fraction of sp³-hybridized carbons (Fsp3) is 0.286. The first-order chi connectivity index (χ1) is 13.0. The van der Waals surface area contributed by atoms with Gasteiger partial charge in [-0.3, -0.25) is 4.79 Å². The van der Waals surface area contributed by atoms with E-state index in [0.717, 1.165) is 12.8 Å². The van der Waals surface area contributed by atoms with Gasteiger partial charge in [-0.1, -0.05) is 48.0 Å². The van der Waals surface area contributed by atoms with Gasteiger partial charge in [0, 0.05) is 23.1 Å². The standard InChI is InChI=1S/C21H20ClNO4/c1-2-27-21(26)15-12-16(19(25)14-10-6-7-11-17(14)24)20(22)23-18(15)13-8-4-3-5-9-13/h3-5,8-10,12,19,25H,2,6-7,11H2,1H3. The van der Waals surface area contributed by atoms with Crippen LogP contribution >= 0.6 is 11.6 Å². The summed E-state index contributed by atoms with van der Waals surface area (Å²) in [5, 5.41) is 10.8. The molecular formula is C21H20ClNO4. The third-order valence-corrected chi connectivity index (χ3v) is 4.73. The van der Waals surface area contributed by atoms with Crippen LogP contribution in [0.4, 0.5) is 0 Å². The largest absolute Gasteiger partial charge is 0.462 e. The van der Waals surface area contributed by atoms with Crippen molar-refractivity contribution in [2.45, 2.75) is 32.3 Å². The highest BCUT2D eigenvalue weighted by molar-refractivity contribution is 6.30. The Morgan fingerprint density at radius 3 is 2.74 bits per heavy atom. The lowest BCUT2D eigenvalue weighted by molar-refractivity contribution is -0.117. The van der Waals surface area contributed by atoms with Crippen LogP contribution in [0.2, 0.25) is 5.15 Å². The maximum absolute atomic E-state index is 12.5. The minimum absolute atomic E-state index is 0.0497. The van der Waals surface area contributed by atoms with E-state index in [1.54, 1.807) is 13.0 Å². The van der Waals surface area contributed by atoms with E-state index in [0.29, 0.717) is 23.3 Å². The van der Waals surface area contributed by atoms with Gasteiger partial charge in [0.1, 0.15) is 11.3 Å². The molecule has 1 aliphatic rings. The number of carbonyl (C=O) groups excluding carboxylic acids is 2. The normalized spacial score (nSPS) is 15.2. The van der Waals surface area contributed by atoms with E-state index in [4.69, 9.17) is 16.3 Å². The molecule has 1 aromatic heterocycles. The molecule has 0 saturated heterocycles. The second kappa shape index (κ2) is 8.46. The number of aromatic nitrogens is 1. The Morgan fingerprint density at radius 2 is 2.07 bits per heavy atom. The molecule has 0 amide bonds. The van der Waals surface area contributed by atoms with E-state index in [-0.39, 0.29) is 28.7 Å². The van der Waals surface area contributed by atoms with Gasteiger partial charge in [0.2, 0.25) is 0 Å². The van der Waals surface area contributed by atoms with Crippen molar-refractivity contribution < 1.29 is 19.4 Å². The number of ether oxygens (including phenoxy) is 1. The summed E-state index contributed by atoms with van der Waals surface area (Å²) in [4.78, 5) is 29.0. The van der Waals surface area contributed by atoms with E-state index in [2.05, 4.69) is 4.98 Å². The summed E-state index contributed by atoms with van der Waals surface area (Å²) in [6, 6.07) is 10.6. The third kappa shape index (κ3) is 4.10. The molecule has 140 valence electrons. The smallest absolute Gasteiger partial charge is 0.340 e. The van der Waals surface area contributed by atoms with Gasteiger partial charge in [0.15, 0.2) is 5.78 Å². The van der Waals surface area contributed by atoms with Crippen LogP contribution in [0.5, 0.6) is 0 Å². The zero-order valence-electron chi connectivity index (χ0n) is 14.9. The molecule has 3 rings (SSSR count). The molecule has 1 unspecified atom stereocenters. The first kappa shape index (κ1) is 19.3. The van der Waals surface area contributed by atoms with Crippen molar-refractivity contribution in [1.29, 1.82) is 0 Å². The highest BCUT2D eigenvalue weighted by Crippen LogP contribution is 2.34. The quantitative estimate of drug-likeness (QED) is 0.613. The molecule has 1 aliphatic carbocycles. The summed E-state index contributed by atoms with van der Waals surface area (Å²) in [6.45, 7) is 1.92. The van der Waals surface area contributed by atoms with Crippen LogP contribution < -0.4 is 0 Å². The molecular weight excluding hydrogens is 366 g/mol. The van der Waals surface area contributed by atoms with Gasteiger partial charge in [-0.15, -0.1) is 0 Å². The predicted octanol–water partition coefficient (Wildman–Crippen LogP) is 4.29. The van der Waals surface area contributed by atoms with Crippen LogP contribution in [-0.2, 0) is 9.53 Å². The molecule has 1 heterocycles. The first-order valence-electron chi connectivity index (χ1n) is 8.87. The Morgan fingerprint density at radius 1 is 1.33 bits per heavy atom. The van der Waals surface area contributed by atoms with Crippen LogP contribution in [-0.4, -0.2) is 28.4 Å². The number of hydrogen-bond acceptors (Lipinski definition) is 5. The second-order valence-corrected chi connectivity index (χ2v) is 6.59. The number of pyridine rings is 1. The van der Waals surface area contributed by atoms with E-state index < -0.39 is 12.1 Å². The molecule has 0 saturated carbocycles. The number of Topliss-reactive ketones (excluding diaryl/α,β-unsaturated/α-hetero) is 1. The van der Waals surface area contributed by atoms with Crippen molar-refractivity contribution in [2.75, 3.05) is 6.61 Å². The monoisotopic (exact) mass is 385 g/mol. The third-order valence-electron chi connectivity index (χ3n) is 4.43. The summed E-state index contributed by atoms with van der Waals surface area (Å²) in [7, 11) is 0. The van der Waals surface area contributed by atoms with Crippen molar-refractivity contribution in [3.63, 3.8) is 0 Å². The van der Waals surface area contributed by atoms with Crippen LogP contribution in [0.15, 0.2) is 48.0 Å². The number of ketones is 1. The molecule has 27 heavy (non-hydrogen) atoms. The maximum atomic E-state index is 12.5. The van der Waals surface area contributed by atoms with Crippen molar-refractivity contribution in [1.82, 2.24) is 4.98 Å². The molecule has 1 atom stereocenters. The van der Waals surface area contributed by atoms with E-state index in [9.17, 15) is 14.7 Å². The number of aliphatic hydroxyl groups excluding tert-OH is 1. The van der Waals surface area contributed by atoms with Crippen molar-refractivity contribution in [3.8, 4) is 11.3 Å². The van der Waals surface area contributed by atoms with Crippen LogP contribution in [0.1, 0.15) is 48.2 Å². The lowest BCUT2D eigenvalue weighted by Gasteiger charge is -2.20. The van der Waals surface area contributed by atoms with Gasteiger partial charge in [-0.2, -0.15) is 0 Å². The molecule has 0 aliphatic heterocycles. The number of hydrogen-bond donors (Lipinski definition) is 1. The topological polar surface area (TPSA) is 76.5 Å². The Balaban J connectivity index is 2.11. The Kier molecular flexibility index (Phi) is 6.04. The predicted molar refractivity (Wildman–Crippen MR) is 103 cm³/mol. The minimum atomic E-state index is -1.23. The molecule has 0 fully saturated rings. The Hall–Kier alpha value is -2.50. The zero-order chi connectivity index (χ0) is 19.4. The first-order valence-corrected chi connectivity index (χ1v) is 9.25. The van der Waals surface area contributed by atoms with Gasteiger partial charge in [-0.25, -0.2) is 9.78 Å². The number of rotatable bonds is 5. The van der Waals surface area contributed by atoms with E-state index in [1.165, 1.54) is 6.07 Å². The molecule has 0 spiro atoms. The summed E-state index contributed by atoms with van der Waals surface area (Å²) in [6.07, 6.45) is 2.37. The van der Waals surface area contributed by atoms with Crippen LogP contribution in [0.3, 0.4) is 0 Å². The summed E-state index contributed by atoms with van der Waals surface area (Å²) in [5.41, 5.74) is 1.80. The minimum Gasteiger partial charge on any atom is -0.462 e. The molecule has 0 radical (unpaired) electrons. The molecule has 2 aromatic rings. The SMILES string of the molecule is CCOC(=O)c1cc(C(O)C2=CCCCC2=O)c(Cl)nc1-c1ccccc1. The molecule has 6 heteroatoms. The van der Waals surface area contributed by atoms with Gasteiger partial charge in [0.25, 0.3) is 0 Å². The molecule has 5 nitrogen and oxygen atoms in total. The summed E-state index contributed by atoms with van der Waals surface area (Å²) >= 11 is 6.33. The average molecular weight is 386 g/mol. The van der Waals surface area contributed by atoms with Crippen LogP contribution in [0, 0.1) is 0 Å². The van der Waals surface area contributed by atoms with Gasteiger partial charge in [-0.05, 0) is 25.8 Å². The van der Waals surface area contributed by atoms with Gasteiger partial charge in [0.05, 0.1) is 17.9 Å². The molecule has 1 aromatic carbocycles. The van der Waals surface area contributed by atoms with Crippen molar-refractivity contribution >= 4 is 23.4 Å². The number of aliphatic hydroxyl groups is 1. The molecule has 1 N–H and O–H groups in total. The lowest BCUT2D eigenvalue weighted by Crippen LogP contribution is -2.17. The number of halogens is 1. The highest BCUT2D eigenvalue weighted by atomic mass is 35.5. The Labute approximate surface area is 162 Å². The van der Waals surface area contributed by atoms with Crippen molar-refractivity contribution in [3.05, 3.63) is 64.3 Å². The second-order valence-electron chi connectivity index (χ2n) is 6.23. The lowest BCUT2D eigenvalue weighted by atomic mass is 9.90. The maximum Gasteiger partial charge on any atom is 0.340 e. The number of carbonyl (C=O) groups is 2. The summed E-state index contributed by atoms with van der Waals surface area (Å²) < 4.78 is 5.15. The molecule has 0 bridgehead atoms. The van der Waals surface area contributed by atoms with E-state index in [1.807, 2.05) is 30.3 Å². The Bertz CT molecular complexity index is 893. The number of esters is 1. The van der Waals surface area contributed by atoms with E-state index >= 15 is 0 Å². The van der Waals surface area contributed by atoms with Gasteiger partial charge < -0.3 is 9.84 Å². The average Bonchev–Trinajstić information content (AvgIpc) is 2.68. The fourth-order valence-electron chi connectivity index (χ4n) is 3.09. The van der Waals surface area contributed by atoms with Gasteiger partial charge >= 0.3 is 5.97 Å². The fourth-order valence-corrected chi connectivity index (χ4v) is 3.33. The number of benzene rings is 1. The zero-order valence-corrected chi connectivity index (χ0v) is 15.7. The van der Waals surface area contributed by atoms with Crippen LogP contribution in [0.25, 0.3) is 11.3 Å². The van der Waals surface area contributed by atoms with Crippen molar-refractivity contribution in [2.24, 2.45) is 0 Å². The summed E-state index contributed by atoms with van der Waals surface area (Å²) in [5.74, 6) is -0.674. The number of allylic oxidation sites excluding steroid dienone is 1. The highest BCUT2D eigenvalue weighted by Gasteiger charge is 2.27.